The first kappa shape index (κ1) is 14.4. The molecule has 0 unspecified atom stereocenters. The lowest BCUT2D eigenvalue weighted by molar-refractivity contribution is 0.0952. The summed E-state index contributed by atoms with van der Waals surface area (Å²) >= 11 is 3.32. The molecule has 15 heavy (non-hydrogen) atoms. The van der Waals surface area contributed by atoms with Gasteiger partial charge in [-0.3, -0.25) is 4.79 Å². The molecular formula is C10H14BrClN2O. The molecule has 0 bridgehead atoms. The van der Waals surface area contributed by atoms with Gasteiger partial charge in [-0.15, -0.1) is 12.4 Å². The maximum absolute atomic E-state index is 11.6. The van der Waals surface area contributed by atoms with Gasteiger partial charge in [-0.05, 0) is 41.0 Å². The molecule has 0 aliphatic carbocycles. The summed E-state index contributed by atoms with van der Waals surface area (Å²) in [5.74, 6) is -0.0640. The number of carbonyl (C=O) groups excluding carboxylic acids is 1. The van der Waals surface area contributed by atoms with E-state index in [0.717, 1.165) is 10.9 Å². The second-order valence-corrected chi connectivity index (χ2v) is 3.73. The summed E-state index contributed by atoms with van der Waals surface area (Å²) in [6, 6.07) is 7.34. The van der Waals surface area contributed by atoms with Gasteiger partial charge in [0, 0.05) is 11.0 Å². The SMILES string of the molecule is Cl.NCCCNC(=O)c1ccccc1Br. The second-order valence-electron chi connectivity index (χ2n) is 2.88. The number of amides is 1. The van der Waals surface area contributed by atoms with Gasteiger partial charge in [0.25, 0.3) is 5.91 Å². The van der Waals surface area contributed by atoms with Gasteiger partial charge in [-0.25, -0.2) is 0 Å². The van der Waals surface area contributed by atoms with E-state index in [9.17, 15) is 4.79 Å². The molecule has 0 heterocycles. The van der Waals surface area contributed by atoms with Gasteiger partial charge in [-0.1, -0.05) is 12.1 Å². The van der Waals surface area contributed by atoms with Crippen molar-refractivity contribution >= 4 is 34.2 Å². The van der Waals surface area contributed by atoms with E-state index in [0.29, 0.717) is 18.7 Å². The van der Waals surface area contributed by atoms with E-state index < -0.39 is 0 Å². The van der Waals surface area contributed by atoms with Crippen LogP contribution in [0.4, 0.5) is 0 Å². The van der Waals surface area contributed by atoms with Crippen LogP contribution in [0.25, 0.3) is 0 Å². The van der Waals surface area contributed by atoms with E-state index in [1.54, 1.807) is 6.07 Å². The molecule has 0 aliphatic rings. The smallest absolute Gasteiger partial charge is 0.252 e. The van der Waals surface area contributed by atoms with E-state index in [1.807, 2.05) is 18.2 Å². The van der Waals surface area contributed by atoms with Crippen LogP contribution >= 0.6 is 28.3 Å². The highest BCUT2D eigenvalue weighted by Gasteiger charge is 2.07. The number of carbonyl (C=O) groups is 1. The molecule has 0 saturated carbocycles. The van der Waals surface area contributed by atoms with Crippen molar-refractivity contribution in [2.24, 2.45) is 5.73 Å². The largest absolute Gasteiger partial charge is 0.352 e. The summed E-state index contributed by atoms with van der Waals surface area (Å²) in [6.07, 6.45) is 0.802. The minimum atomic E-state index is -0.0640. The third kappa shape index (κ3) is 4.64. The Labute approximate surface area is 104 Å². The predicted octanol–water partition coefficient (Wildman–Crippen LogP) is 1.95. The minimum Gasteiger partial charge on any atom is -0.352 e. The Balaban J connectivity index is 0.00000196. The number of rotatable bonds is 4. The molecule has 0 aromatic heterocycles. The van der Waals surface area contributed by atoms with Crippen molar-refractivity contribution in [2.75, 3.05) is 13.1 Å². The van der Waals surface area contributed by atoms with Crippen LogP contribution in [0, 0.1) is 0 Å². The highest BCUT2D eigenvalue weighted by Crippen LogP contribution is 2.15. The lowest BCUT2D eigenvalue weighted by Gasteiger charge is -2.05. The van der Waals surface area contributed by atoms with Gasteiger partial charge in [0.2, 0.25) is 0 Å². The lowest BCUT2D eigenvalue weighted by atomic mass is 10.2. The van der Waals surface area contributed by atoms with Gasteiger partial charge in [0.1, 0.15) is 0 Å². The molecule has 5 heteroatoms. The van der Waals surface area contributed by atoms with Crippen LogP contribution < -0.4 is 11.1 Å². The highest BCUT2D eigenvalue weighted by molar-refractivity contribution is 9.10. The van der Waals surface area contributed by atoms with Gasteiger partial charge >= 0.3 is 0 Å². The van der Waals surface area contributed by atoms with Crippen LogP contribution in [0.15, 0.2) is 28.7 Å². The molecule has 1 aromatic rings. The summed E-state index contributed by atoms with van der Waals surface area (Å²) in [5.41, 5.74) is 5.98. The summed E-state index contributed by atoms with van der Waals surface area (Å²) in [6.45, 7) is 1.22. The average molecular weight is 294 g/mol. The number of nitrogens with one attached hydrogen (secondary N) is 1. The molecule has 0 fully saturated rings. The first-order valence-corrected chi connectivity index (χ1v) is 5.28. The van der Waals surface area contributed by atoms with Crippen molar-refractivity contribution < 1.29 is 4.79 Å². The number of halogens is 2. The van der Waals surface area contributed by atoms with E-state index >= 15 is 0 Å². The molecule has 0 atom stereocenters. The Morgan fingerprint density at radius 3 is 2.67 bits per heavy atom. The van der Waals surface area contributed by atoms with Crippen molar-refractivity contribution in [1.82, 2.24) is 5.32 Å². The maximum Gasteiger partial charge on any atom is 0.252 e. The van der Waals surface area contributed by atoms with Crippen molar-refractivity contribution in [1.29, 1.82) is 0 Å². The Bertz CT molecular complexity index is 320. The van der Waals surface area contributed by atoms with Crippen molar-refractivity contribution in [2.45, 2.75) is 6.42 Å². The fourth-order valence-corrected chi connectivity index (χ4v) is 1.51. The first-order valence-electron chi connectivity index (χ1n) is 4.48. The molecule has 1 aromatic carbocycles. The Morgan fingerprint density at radius 2 is 2.07 bits per heavy atom. The second kappa shape index (κ2) is 7.68. The zero-order valence-corrected chi connectivity index (χ0v) is 10.6. The molecular weight excluding hydrogens is 279 g/mol. The highest BCUT2D eigenvalue weighted by atomic mass is 79.9. The van der Waals surface area contributed by atoms with Crippen LogP contribution in [0.1, 0.15) is 16.8 Å². The lowest BCUT2D eigenvalue weighted by Crippen LogP contribution is -2.26. The number of benzene rings is 1. The normalized spacial score (nSPS) is 9.20. The molecule has 0 saturated heterocycles. The van der Waals surface area contributed by atoms with Crippen LogP contribution in [-0.2, 0) is 0 Å². The Hall–Kier alpha value is -0.580. The average Bonchev–Trinajstić information content (AvgIpc) is 2.18. The molecule has 3 N–H and O–H groups in total. The fraction of sp³-hybridized carbons (Fsp3) is 0.300. The van der Waals surface area contributed by atoms with Crippen LogP contribution in [0.2, 0.25) is 0 Å². The topological polar surface area (TPSA) is 55.1 Å². The third-order valence-corrected chi connectivity index (χ3v) is 2.48. The standard InChI is InChI=1S/C10H13BrN2O.ClH/c11-9-5-2-1-4-8(9)10(14)13-7-3-6-12;/h1-2,4-5H,3,6-7,12H2,(H,13,14);1H. The molecule has 1 amide bonds. The summed E-state index contributed by atoms with van der Waals surface area (Å²) in [4.78, 5) is 11.6. The van der Waals surface area contributed by atoms with Gasteiger partial charge in [-0.2, -0.15) is 0 Å². The first-order chi connectivity index (χ1) is 6.75. The van der Waals surface area contributed by atoms with Crippen molar-refractivity contribution in [3.8, 4) is 0 Å². The number of nitrogens with two attached hydrogens (primary N) is 1. The summed E-state index contributed by atoms with van der Waals surface area (Å²) < 4.78 is 0.810. The predicted molar refractivity (Wildman–Crippen MR) is 67.4 cm³/mol. The fourth-order valence-electron chi connectivity index (χ4n) is 1.04. The van der Waals surface area contributed by atoms with E-state index in [4.69, 9.17) is 5.73 Å². The zero-order valence-electron chi connectivity index (χ0n) is 8.20. The van der Waals surface area contributed by atoms with E-state index in [2.05, 4.69) is 21.2 Å². The number of hydrogen-bond donors (Lipinski definition) is 2. The summed E-state index contributed by atoms with van der Waals surface area (Å²) in [7, 11) is 0. The van der Waals surface area contributed by atoms with Gasteiger partial charge < -0.3 is 11.1 Å². The minimum absolute atomic E-state index is 0. The van der Waals surface area contributed by atoms with Crippen LogP contribution in [0.3, 0.4) is 0 Å². The molecule has 0 spiro atoms. The van der Waals surface area contributed by atoms with E-state index in [-0.39, 0.29) is 18.3 Å². The monoisotopic (exact) mass is 292 g/mol. The van der Waals surface area contributed by atoms with E-state index in [1.165, 1.54) is 0 Å². The molecule has 0 aliphatic heterocycles. The quantitative estimate of drug-likeness (QED) is 0.834. The molecule has 3 nitrogen and oxygen atoms in total. The van der Waals surface area contributed by atoms with Gasteiger partial charge in [0.05, 0.1) is 5.56 Å². The van der Waals surface area contributed by atoms with Crippen molar-refractivity contribution in [3.05, 3.63) is 34.3 Å². The van der Waals surface area contributed by atoms with Crippen LogP contribution in [-0.4, -0.2) is 19.0 Å². The number of hydrogen-bond acceptors (Lipinski definition) is 2. The molecule has 0 radical (unpaired) electrons. The van der Waals surface area contributed by atoms with Crippen molar-refractivity contribution in [3.63, 3.8) is 0 Å². The Kier molecular flexibility index (Phi) is 7.38. The Morgan fingerprint density at radius 1 is 1.40 bits per heavy atom. The zero-order chi connectivity index (χ0) is 10.4. The van der Waals surface area contributed by atoms with Gasteiger partial charge in [0.15, 0.2) is 0 Å². The third-order valence-electron chi connectivity index (χ3n) is 1.78. The van der Waals surface area contributed by atoms with Crippen LogP contribution in [0.5, 0.6) is 0 Å². The molecule has 1 rings (SSSR count). The maximum atomic E-state index is 11.6. The molecule has 84 valence electrons. The summed E-state index contributed by atoms with van der Waals surface area (Å²) in [5, 5.41) is 2.79.